The van der Waals surface area contributed by atoms with Gasteiger partial charge in [-0.2, -0.15) is 0 Å². The van der Waals surface area contributed by atoms with Crippen LogP contribution < -0.4 is 4.90 Å². The monoisotopic (exact) mass is 938 g/mol. The van der Waals surface area contributed by atoms with E-state index in [4.69, 9.17) is 0 Å². The first-order valence-corrected chi connectivity index (χ1v) is 25.8. The second kappa shape index (κ2) is 15.5. The molecule has 344 valence electrons. The number of benzene rings is 12. The molecular weight excluding hydrogens is 893 g/mol. The van der Waals surface area contributed by atoms with Crippen LogP contribution in [0, 0.1) is 0 Å². The topological polar surface area (TPSA) is 8.17 Å². The number of rotatable bonds is 6. The van der Waals surface area contributed by atoms with Crippen LogP contribution in [0.5, 0.6) is 0 Å². The molecule has 16 rings (SSSR count). The molecule has 12 aromatic carbocycles. The third-order valence-corrected chi connectivity index (χ3v) is 16.8. The molecule has 0 saturated heterocycles. The smallest absolute Gasteiger partial charge is 0.0754 e. The third-order valence-electron chi connectivity index (χ3n) is 16.8. The summed E-state index contributed by atoms with van der Waals surface area (Å²) in [6, 6.07) is 105. The molecule has 1 unspecified atom stereocenters. The molecule has 1 aliphatic heterocycles. The zero-order valence-electron chi connectivity index (χ0n) is 40.5. The van der Waals surface area contributed by atoms with Crippen LogP contribution in [-0.4, -0.2) is 4.57 Å². The third kappa shape index (κ3) is 5.33. The minimum atomic E-state index is -0.545. The lowest BCUT2D eigenvalue weighted by Crippen LogP contribution is -2.33. The minimum Gasteiger partial charge on any atom is -0.309 e. The molecular formula is C72H46N2. The Bertz CT molecular complexity index is 4400. The summed E-state index contributed by atoms with van der Waals surface area (Å²) in [5.41, 5.74) is 23.8. The van der Waals surface area contributed by atoms with E-state index in [-0.39, 0.29) is 0 Å². The van der Waals surface area contributed by atoms with Crippen LogP contribution in [-0.2, 0) is 10.8 Å². The summed E-state index contributed by atoms with van der Waals surface area (Å²) in [4.78, 5) is 2.54. The van der Waals surface area contributed by atoms with E-state index in [1.807, 2.05) is 0 Å². The maximum absolute atomic E-state index is 2.54. The van der Waals surface area contributed by atoms with Crippen molar-refractivity contribution < 1.29 is 0 Å². The maximum Gasteiger partial charge on any atom is 0.0754 e. The van der Waals surface area contributed by atoms with E-state index in [2.05, 4.69) is 289 Å². The van der Waals surface area contributed by atoms with Crippen LogP contribution in [0.3, 0.4) is 0 Å². The first-order valence-electron chi connectivity index (χ1n) is 25.8. The maximum atomic E-state index is 2.54. The van der Waals surface area contributed by atoms with Gasteiger partial charge in [-0.1, -0.05) is 237 Å². The van der Waals surface area contributed by atoms with Crippen molar-refractivity contribution in [1.82, 2.24) is 4.57 Å². The van der Waals surface area contributed by atoms with Crippen LogP contribution in [0.4, 0.5) is 17.1 Å². The zero-order chi connectivity index (χ0) is 48.5. The van der Waals surface area contributed by atoms with Gasteiger partial charge in [0.05, 0.1) is 38.9 Å². The standard InChI is InChI=1S/C72H46N2/c1-3-24-50(25-4-1)71(51-26-5-2-6-27-51)60-35-13-10-32-58(60)69-62(71)37-20-42-68(69)73(65-41-18-22-47-21-7-8-29-53(47)65)52-28-17-23-48(45-52)49-43-44-55-54-30-9-12-34-59(54)72(64(55)46-49)61-36-14-16-40-67(61)74-66-39-15-11-31-56(66)57-33-19-38-63(72)70(57)74/h1-46H. The fraction of sp³-hybridized carbons (Fsp3) is 0.0278. The molecule has 2 nitrogen and oxygen atoms in total. The quantitative estimate of drug-likeness (QED) is 0.161. The van der Waals surface area contributed by atoms with Gasteiger partial charge in [0, 0.05) is 27.4 Å². The van der Waals surface area contributed by atoms with Gasteiger partial charge in [0.15, 0.2) is 0 Å². The van der Waals surface area contributed by atoms with Crippen molar-refractivity contribution in [1.29, 1.82) is 0 Å². The summed E-state index contributed by atoms with van der Waals surface area (Å²) < 4.78 is 2.53. The summed E-state index contributed by atoms with van der Waals surface area (Å²) in [5, 5.41) is 4.96. The van der Waals surface area contributed by atoms with E-state index in [0.29, 0.717) is 0 Å². The molecule has 3 aliphatic rings. The van der Waals surface area contributed by atoms with Crippen molar-refractivity contribution in [2.45, 2.75) is 10.8 Å². The van der Waals surface area contributed by atoms with Gasteiger partial charge in [-0.25, -0.2) is 0 Å². The van der Waals surface area contributed by atoms with Gasteiger partial charge in [0.2, 0.25) is 0 Å². The lowest BCUT2D eigenvalue weighted by Gasteiger charge is -2.39. The number of nitrogens with zero attached hydrogens (tertiary/aromatic N) is 2. The van der Waals surface area contributed by atoms with E-state index in [9.17, 15) is 0 Å². The van der Waals surface area contributed by atoms with E-state index in [1.54, 1.807) is 0 Å². The molecule has 2 aliphatic carbocycles. The Morgan fingerprint density at radius 2 is 0.865 bits per heavy atom. The van der Waals surface area contributed by atoms with Crippen LogP contribution in [0.2, 0.25) is 0 Å². The fourth-order valence-corrected chi connectivity index (χ4v) is 14.0. The van der Waals surface area contributed by atoms with Gasteiger partial charge in [-0.15, -0.1) is 0 Å². The average molecular weight is 939 g/mol. The van der Waals surface area contributed by atoms with E-state index >= 15 is 0 Å². The highest BCUT2D eigenvalue weighted by Gasteiger charge is 2.51. The number of anilines is 3. The van der Waals surface area contributed by atoms with Crippen molar-refractivity contribution in [2.75, 3.05) is 4.90 Å². The minimum absolute atomic E-state index is 0.537. The highest BCUT2D eigenvalue weighted by molar-refractivity contribution is 6.13. The molecule has 0 radical (unpaired) electrons. The zero-order valence-corrected chi connectivity index (χ0v) is 40.5. The predicted molar refractivity (Wildman–Crippen MR) is 307 cm³/mol. The predicted octanol–water partition coefficient (Wildman–Crippen LogP) is 18.1. The summed E-state index contributed by atoms with van der Waals surface area (Å²) in [6.07, 6.45) is 0. The van der Waals surface area contributed by atoms with Gasteiger partial charge in [0.25, 0.3) is 0 Å². The SMILES string of the molecule is c1ccc(C2(c3ccccc3)c3ccccc3-c3c(N(c4cccc(-c5ccc6c(c5)C5(c7ccccc7-6)c6ccccc6-n6c7ccccc7c7cccc5c76)c4)c4cccc5ccccc45)cccc32)cc1. The molecule has 2 heterocycles. The highest BCUT2D eigenvalue weighted by Crippen LogP contribution is 2.63. The summed E-state index contributed by atoms with van der Waals surface area (Å²) in [5.74, 6) is 0. The molecule has 0 saturated carbocycles. The van der Waals surface area contributed by atoms with Gasteiger partial charge in [-0.3, -0.25) is 0 Å². The second-order valence-electron chi connectivity index (χ2n) is 20.2. The molecule has 13 aromatic rings. The molecule has 0 fully saturated rings. The van der Waals surface area contributed by atoms with Gasteiger partial charge in [0.1, 0.15) is 0 Å². The first-order chi connectivity index (χ1) is 36.7. The normalized spacial score (nSPS) is 15.2. The van der Waals surface area contributed by atoms with Gasteiger partial charge in [-0.05, 0) is 120 Å². The van der Waals surface area contributed by atoms with Crippen molar-refractivity contribution >= 4 is 49.6 Å². The van der Waals surface area contributed by atoms with Crippen LogP contribution >= 0.6 is 0 Å². The molecule has 1 aromatic heterocycles. The fourth-order valence-electron chi connectivity index (χ4n) is 14.0. The lowest BCUT2D eigenvalue weighted by atomic mass is 9.65. The second-order valence-corrected chi connectivity index (χ2v) is 20.2. The molecule has 0 N–H and O–H groups in total. The van der Waals surface area contributed by atoms with Crippen molar-refractivity contribution in [3.8, 4) is 39.1 Å². The van der Waals surface area contributed by atoms with Crippen LogP contribution in [0.1, 0.15) is 44.5 Å². The van der Waals surface area contributed by atoms with Gasteiger partial charge >= 0.3 is 0 Å². The summed E-state index contributed by atoms with van der Waals surface area (Å²) >= 11 is 0. The molecule has 74 heavy (non-hydrogen) atoms. The number of aromatic nitrogens is 1. The Kier molecular flexibility index (Phi) is 8.62. The molecule has 1 spiro atoms. The van der Waals surface area contributed by atoms with E-state index in [1.165, 1.54) is 111 Å². The van der Waals surface area contributed by atoms with E-state index in [0.717, 1.165) is 22.6 Å². The summed E-state index contributed by atoms with van der Waals surface area (Å²) in [6.45, 7) is 0. The van der Waals surface area contributed by atoms with Crippen molar-refractivity contribution in [3.63, 3.8) is 0 Å². The molecule has 2 heteroatoms. The molecule has 0 bridgehead atoms. The Morgan fingerprint density at radius 1 is 0.311 bits per heavy atom. The van der Waals surface area contributed by atoms with Crippen LogP contribution in [0.25, 0.3) is 71.6 Å². The number of hydrogen-bond donors (Lipinski definition) is 0. The average Bonchev–Trinajstić information content (AvgIpc) is 4.14. The lowest BCUT2D eigenvalue weighted by molar-refractivity contribution is 0.749. The molecule has 1 atom stereocenters. The first kappa shape index (κ1) is 41.2. The number of hydrogen-bond acceptors (Lipinski definition) is 1. The Balaban J connectivity index is 0.943. The van der Waals surface area contributed by atoms with Gasteiger partial charge < -0.3 is 9.47 Å². The van der Waals surface area contributed by atoms with Crippen molar-refractivity contribution in [3.05, 3.63) is 324 Å². The summed E-state index contributed by atoms with van der Waals surface area (Å²) in [7, 11) is 0. The Hall–Kier alpha value is -9.50. The molecule has 0 amide bonds. The Labute approximate surface area is 430 Å². The number of fused-ring (bicyclic) bond motifs is 16. The highest BCUT2D eigenvalue weighted by atomic mass is 15.1. The Morgan fingerprint density at radius 3 is 1.69 bits per heavy atom. The van der Waals surface area contributed by atoms with E-state index < -0.39 is 10.8 Å². The van der Waals surface area contributed by atoms with Crippen molar-refractivity contribution in [2.24, 2.45) is 0 Å². The number of para-hydroxylation sites is 3. The largest absolute Gasteiger partial charge is 0.309 e. The van der Waals surface area contributed by atoms with Crippen LogP contribution in [0.15, 0.2) is 279 Å².